The minimum Gasteiger partial charge on any atom is -0.468 e. The van der Waals surface area contributed by atoms with Gasteiger partial charge in [-0.2, -0.15) is 4.31 Å². The van der Waals surface area contributed by atoms with Crippen LogP contribution < -0.4 is 10.6 Å². The Morgan fingerprint density at radius 3 is 2.70 bits per heavy atom. The number of piperidine rings is 1. The van der Waals surface area contributed by atoms with E-state index in [2.05, 4.69) is 15.4 Å². The van der Waals surface area contributed by atoms with Gasteiger partial charge in [0.25, 0.3) is 5.91 Å². The van der Waals surface area contributed by atoms with E-state index in [1.807, 2.05) is 0 Å². The average Bonchev–Trinajstić information content (AvgIpc) is 2.63. The summed E-state index contributed by atoms with van der Waals surface area (Å²) in [6.07, 6.45) is 0.767. The average molecular weight is 305 g/mol. The third-order valence-corrected chi connectivity index (χ3v) is 5.09. The predicted octanol–water partition coefficient (Wildman–Crippen LogP) is -1.84. The first kappa shape index (κ1) is 14.7. The number of ether oxygens (including phenoxy) is 1. The number of hydrogen-bond donors (Lipinski definition) is 2. The molecule has 2 heterocycles. The lowest BCUT2D eigenvalue weighted by molar-refractivity contribution is -0.137. The molecule has 0 aromatic heterocycles. The van der Waals surface area contributed by atoms with Gasteiger partial charge in [0.05, 0.1) is 7.11 Å². The van der Waals surface area contributed by atoms with Gasteiger partial charge in [0, 0.05) is 13.1 Å². The molecule has 10 heteroatoms. The van der Waals surface area contributed by atoms with Crippen molar-refractivity contribution in [3.8, 4) is 0 Å². The zero-order chi connectivity index (χ0) is 15.0. The number of hydrogen-bond acceptors (Lipinski definition) is 6. The van der Waals surface area contributed by atoms with Crippen LogP contribution in [0, 0.1) is 0 Å². The minimum atomic E-state index is -3.87. The van der Waals surface area contributed by atoms with Gasteiger partial charge < -0.3 is 10.1 Å². The highest BCUT2D eigenvalue weighted by molar-refractivity contribution is 7.89. The summed E-state index contributed by atoms with van der Waals surface area (Å²) in [6, 6.07) is -0.637. The van der Waals surface area contributed by atoms with Crippen molar-refractivity contribution in [1.29, 1.82) is 0 Å². The molecule has 2 N–H and O–H groups in total. The van der Waals surface area contributed by atoms with Crippen LogP contribution in [0.15, 0.2) is 0 Å². The maximum atomic E-state index is 12.1. The standard InChI is InChI=1S/C10H15N3O6S/c1-19-7(14)5-20(17,18)13-4-2-3-10(6-13)8(15)11-9(16)12-10/h2-6H2,1H3,(H2,11,12,15,16). The van der Waals surface area contributed by atoms with Gasteiger partial charge in [-0.15, -0.1) is 0 Å². The highest BCUT2D eigenvalue weighted by Gasteiger charge is 2.50. The van der Waals surface area contributed by atoms with Gasteiger partial charge in [0.2, 0.25) is 10.0 Å². The molecule has 2 aliphatic heterocycles. The number of amides is 3. The summed E-state index contributed by atoms with van der Waals surface area (Å²) in [5, 5.41) is 4.57. The summed E-state index contributed by atoms with van der Waals surface area (Å²) in [6.45, 7) is 0.0220. The summed E-state index contributed by atoms with van der Waals surface area (Å²) in [5.74, 6) is -2.19. The first-order chi connectivity index (χ1) is 9.29. The number of carbonyl (C=O) groups excluding carboxylic acids is 3. The van der Waals surface area contributed by atoms with Gasteiger partial charge in [-0.3, -0.25) is 14.9 Å². The smallest absolute Gasteiger partial charge is 0.322 e. The summed E-state index contributed by atoms with van der Waals surface area (Å²) in [5.41, 5.74) is -1.24. The highest BCUT2D eigenvalue weighted by atomic mass is 32.2. The van der Waals surface area contributed by atoms with Gasteiger partial charge in [0.1, 0.15) is 5.54 Å². The van der Waals surface area contributed by atoms with Crippen LogP contribution in [0.4, 0.5) is 4.79 Å². The molecule has 2 rings (SSSR count). The number of urea groups is 1. The lowest BCUT2D eigenvalue weighted by atomic mass is 9.90. The Bertz CT molecular complexity index is 559. The first-order valence-electron chi connectivity index (χ1n) is 5.97. The van der Waals surface area contributed by atoms with Crippen molar-refractivity contribution in [2.75, 3.05) is 26.0 Å². The van der Waals surface area contributed by atoms with E-state index in [1.54, 1.807) is 0 Å². The SMILES string of the molecule is COC(=O)CS(=O)(=O)N1CCCC2(C1)NC(=O)NC2=O. The number of esters is 1. The summed E-state index contributed by atoms with van der Waals surface area (Å²) < 4.78 is 29.5. The fourth-order valence-corrected chi connectivity index (χ4v) is 3.79. The van der Waals surface area contributed by atoms with Crippen molar-refractivity contribution in [1.82, 2.24) is 14.9 Å². The number of nitrogens with zero attached hydrogens (tertiary/aromatic N) is 1. The molecule has 0 saturated carbocycles. The largest absolute Gasteiger partial charge is 0.468 e. The second-order valence-electron chi connectivity index (χ2n) is 4.76. The lowest BCUT2D eigenvalue weighted by Crippen LogP contribution is -2.60. The molecule has 1 spiro atoms. The molecule has 0 bridgehead atoms. The Hall–Kier alpha value is -1.68. The Balaban J connectivity index is 2.17. The van der Waals surface area contributed by atoms with E-state index in [9.17, 15) is 22.8 Å². The second-order valence-corrected chi connectivity index (χ2v) is 6.73. The maximum Gasteiger partial charge on any atom is 0.322 e. The van der Waals surface area contributed by atoms with Crippen LogP contribution in [0.5, 0.6) is 0 Å². The van der Waals surface area contributed by atoms with Crippen LogP contribution >= 0.6 is 0 Å². The number of imide groups is 1. The molecule has 2 saturated heterocycles. The number of sulfonamides is 1. The van der Waals surface area contributed by atoms with Gasteiger partial charge in [-0.1, -0.05) is 0 Å². The number of methoxy groups -OCH3 is 1. The first-order valence-corrected chi connectivity index (χ1v) is 7.58. The highest BCUT2D eigenvalue weighted by Crippen LogP contribution is 2.26. The Labute approximate surface area is 115 Å². The van der Waals surface area contributed by atoms with E-state index < -0.39 is 39.2 Å². The molecule has 2 aliphatic rings. The molecule has 1 atom stereocenters. The van der Waals surface area contributed by atoms with Crippen molar-refractivity contribution >= 4 is 27.9 Å². The quantitative estimate of drug-likeness (QED) is 0.467. The number of carbonyl (C=O) groups is 3. The molecular weight excluding hydrogens is 290 g/mol. The van der Waals surface area contributed by atoms with Crippen LogP contribution in [0.25, 0.3) is 0 Å². The normalized spacial score (nSPS) is 27.2. The monoisotopic (exact) mass is 305 g/mol. The topological polar surface area (TPSA) is 122 Å². The molecule has 0 aromatic rings. The van der Waals surface area contributed by atoms with Crippen LogP contribution in [-0.4, -0.2) is 62.1 Å². The molecule has 112 valence electrons. The zero-order valence-corrected chi connectivity index (χ0v) is 11.7. The Kier molecular flexibility index (Phi) is 3.69. The van der Waals surface area contributed by atoms with Crippen molar-refractivity contribution in [2.24, 2.45) is 0 Å². The molecule has 1 unspecified atom stereocenters. The van der Waals surface area contributed by atoms with E-state index in [1.165, 1.54) is 0 Å². The zero-order valence-electron chi connectivity index (χ0n) is 10.8. The third kappa shape index (κ3) is 2.61. The molecule has 3 amide bonds. The molecule has 2 fully saturated rings. The van der Waals surface area contributed by atoms with E-state index in [0.717, 1.165) is 11.4 Å². The van der Waals surface area contributed by atoms with Gasteiger partial charge in [0.15, 0.2) is 5.75 Å². The Morgan fingerprint density at radius 1 is 1.45 bits per heavy atom. The van der Waals surface area contributed by atoms with Crippen LogP contribution in [-0.2, 0) is 24.3 Å². The number of rotatable bonds is 3. The molecule has 0 aliphatic carbocycles. The van der Waals surface area contributed by atoms with Crippen molar-refractivity contribution < 1.29 is 27.5 Å². The number of nitrogens with one attached hydrogen (secondary N) is 2. The van der Waals surface area contributed by atoms with Crippen molar-refractivity contribution in [3.63, 3.8) is 0 Å². The molecule has 0 radical (unpaired) electrons. The molecular formula is C10H15N3O6S. The van der Waals surface area contributed by atoms with Crippen LogP contribution in [0.2, 0.25) is 0 Å². The minimum absolute atomic E-state index is 0.177. The van der Waals surface area contributed by atoms with E-state index >= 15 is 0 Å². The van der Waals surface area contributed by atoms with Crippen molar-refractivity contribution in [2.45, 2.75) is 18.4 Å². The fourth-order valence-electron chi connectivity index (χ4n) is 2.37. The second kappa shape index (κ2) is 5.02. The van der Waals surface area contributed by atoms with E-state index in [4.69, 9.17) is 0 Å². The summed E-state index contributed by atoms with van der Waals surface area (Å²) in [7, 11) is -2.77. The van der Waals surface area contributed by atoms with E-state index in [0.29, 0.717) is 12.8 Å². The van der Waals surface area contributed by atoms with Gasteiger partial charge >= 0.3 is 12.0 Å². The molecule has 0 aromatic carbocycles. The lowest BCUT2D eigenvalue weighted by Gasteiger charge is -2.36. The third-order valence-electron chi connectivity index (χ3n) is 3.39. The molecule has 20 heavy (non-hydrogen) atoms. The fraction of sp³-hybridized carbons (Fsp3) is 0.700. The Morgan fingerprint density at radius 2 is 2.15 bits per heavy atom. The van der Waals surface area contributed by atoms with Gasteiger partial charge in [-0.05, 0) is 12.8 Å². The van der Waals surface area contributed by atoms with Crippen LogP contribution in [0.3, 0.4) is 0 Å². The van der Waals surface area contributed by atoms with Gasteiger partial charge in [-0.25, -0.2) is 13.2 Å². The predicted molar refractivity (Wildman–Crippen MR) is 66.0 cm³/mol. The van der Waals surface area contributed by atoms with E-state index in [-0.39, 0.29) is 13.1 Å². The summed E-state index contributed by atoms with van der Waals surface area (Å²) in [4.78, 5) is 34.1. The molecule has 9 nitrogen and oxygen atoms in total. The van der Waals surface area contributed by atoms with Crippen LogP contribution in [0.1, 0.15) is 12.8 Å². The maximum absolute atomic E-state index is 12.1. The van der Waals surface area contributed by atoms with Crippen molar-refractivity contribution in [3.05, 3.63) is 0 Å². The summed E-state index contributed by atoms with van der Waals surface area (Å²) >= 11 is 0.